The van der Waals surface area contributed by atoms with Gasteiger partial charge in [-0.15, -0.1) is 0 Å². The monoisotopic (exact) mass is 174 g/mol. The van der Waals surface area contributed by atoms with Gasteiger partial charge in [-0.3, -0.25) is 0 Å². The molecular weight excluding hydrogens is 160 g/mol. The predicted octanol–water partition coefficient (Wildman–Crippen LogP) is 2.62. The van der Waals surface area contributed by atoms with Crippen molar-refractivity contribution in [1.82, 2.24) is 4.98 Å². The summed E-state index contributed by atoms with van der Waals surface area (Å²) < 4.78 is 0. The molecule has 0 aliphatic heterocycles. The molecule has 13 heavy (non-hydrogen) atoms. The quantitative estimate of drug-likeness (QED) is 0.685. The van der Waals surface area contributed by atoms with Gasteiger partial charge in [0.05, 0.1) is 0 Å². The molecule has 0 saturated heterocycles. The molecule has 0 bridgehead atoms. The van der Waals surface area contributed by atoms with Gasteiger partial charge in [0.25, 0.3) is 0 Å². The van der Waals surface area contributed by atoms with E-state index in [0.717, 1.165) is 17.8 Å². The van der Waals surface area contributed by atoms with Crippen LogP contribution in [0.1, 0.15) is 18.1 Å². The molecule has 0 aliphatic carbocycles. The van der Waals surface area contributed by atoms with E-state index in [4.69, 9.17) is 5.73 Å². The average Bonchev–Trinajstić information content (AvgIpc) is 2.42. The third kappa shape index (κ3) is 1.10. The lowest BCUT2D eigenvalue weighted by Gasteiger charge is -1.98. The maximum absolute atomic E-state index is 5.88. The number of anilines is 1. The number of hydrogen-bond acceptors (Lipinski definition) is 1. The van der Waals surface area contributed by atoms with Gasteiger partial charge in [-0.2, -0.15) is 0 Å². The fraction of sp³-hybridized carbons (Fsp3) is 0.273. The highest BCUT2D eigenvalue weighted by atomic mass is 14.8. The molecule has 0 fully saturated rings. The first-order valence-electron chi connectivity index (χ1n) is 4.59. The Morgan fingerprint density at radius 3 is 2.85 bits per heavy atom. The van der Waals surface area contributed by atoms with Crippen LogP contribution in [-0.4, -0.2) is 4.98 Å². The molecule has 1 aromatic heterocycles. The zero-order valence-corrected chi connectivity index (χ0v) is 8.02. The number of hydrogen-bond donors (Lipinski definition) is 2. The first kappa shape index (κ1) is 8.17. The van der Waals surface area contributed by atoms with E-state index in [0.29, 0.717) is 0 Å². The molecule has 0 aliphatic rings. The fourth-order valence-corrected chi connectivity index (χ4v) is 1.89. The Bertz CT molecular complexity index is 441. The lowest BCUT2D eigenvalue weighted by atomic mass is 10.1. The summed E-state index contributed by atoms with van der Waals surface area (Å²) in [6.45, 7) is 4.25. The van der Waals surface area contributed by atoms with Crippen LogP contribution in [0.15, 0.2) is 18.2 Å². The summed E-state index contributed by atoms with van der Waals surface area (Å²) in [7, 11) is 0. The molecule has 0 amide bonds. The lowest BCUT2D eigenvalue weighted by Crippen LogP contribution is -1.89. The average molecular weight is 174 g/mol. The number of aromatic nitrogens is 1. The van der Waals surface area contributed by atoms with Crippen molar-refractivity contribution in [2.45, 2.75) is 20.3 Å². The normalized spacial score (nSPS) is 10.9. The van der Waals surface area contributed by atoms with Gasteiger partial charge >= 0.3 is 0 Å². The SMILES string of the molecule is CCc1c(N)[nH]c2cccc(C)c12. The van der Waals surface area contributed by atoms with E-state index in [1.165, 1.54) is 16.5 Å². The molecule has 2 nitrogen and oxygen atoms in total. The van der Waals surface area contributed by atoms with E-state index in [2.05, 4.69) is 31.0 Å². The number of aromatic amines is 1. The Morgan fingerprint density at radius 1 is 1.38 bits per heavy atom. The largest absolute Gasteiger partial charge is 0.385 e. The third-order valence-electron chi connectivity index (χ3n) is 2.52. The van der Waals surface area contributed by atoms with Gasteiger partial charge in [0.2, 0.25) is 0 Å². The minimum atomic E-state index is 0.812. The van der Waals surface area contributed by atoms with Crippen molar-refractivity contribution < 1.29 is 0 Å². The summed E-state index contributed by atoms with van der Waals surface area (Å²) in [5, 5.41) is 1.29. The number of H-pyrrole nitrogens is 1. The summed E-state index contributed by atoms with van der Waals surface area (Å²) in [6.07, 6.45) is 0.983. The summed E-state index contributed by atoms with van der Waals surface area (Å²) in [4.78, 5) is 3.20. The summed E-state index contributed by atoms with van der Waals surface area (Å²) >= 11 is 0. The second-order valence-electron chi connectivity index (χ2n) is 3.37. The van der Waals surface area contributed by atoms with Gasteiger partial charge in [-0.25, -0.2) is 0 Å². The second-order valence-corrected chi connectivity index (χ2v) is 3.37. The van der Waals surface area contributed by atoms with E-state index in [9.17, 15) is 0 Å². The van der Waals surface area contributed by atoms with Crippen LogP contribution < -0.4 is 5.73 Å². The van der Waals surface area contributed by atoms with Crippen molar-refractivity contribution in [2.75, 3.05) is 5.73 Å². The summed E-state index contributed by atoms with van der Waals surface area (Å²) in [5.41, 5.74) is 9.56. The van der Waals surface area contributed by atoms with Crippen LogP contribution in [0.25, 0.3) is 10.9 Å². The Morgan fingerprint density at radius 2 is 2.15 bits per heavy atom. The van der Waals surface area contributed by atoms with Crippen LogP contribution >= 0.6 is 0 Å². The van der Waals surface area contributed by atoms with Gasteiger partial charge in [0.1, 0.15) is 5.82 Å². The van der Waals surface area contributed by atoms with Gasteiger partial charge in [0, 0.05) is 16.5 Å². The van der Waals surface area contributed by atoms with Crippen molar-refractivity contribution in [3.8, 4) is 0 Å². The predicted molar refractivity (Wildman–Crippen MR) is 56.8 cm³/mol. The zero-order chi connectivity index (χ0) is 9.42. The number of benzene rings is 1. The van der Waals surface area contributed by atoms with E-state index < -0.39 is 0 Å². The zero-order valence-electron chi connectivity index (χ0n) is 8.02. The van der Waals surface area contributed by atoms with E-state index in [1.807, 2.05) is 6.07 Å². The molecule has 0 atom stereocenters. The molecule has 2 rings (SSSR count). The number of nitrogens with two attached hydrogens (primary N) is 1. The van der Waals surface area contributed by atoms with Crippen molar-refractivity contribution in [3.63, 3.8) is 0 Å². The molecule has 1 heterocycles. The number of fused-ring (bicyclic) bond motifs is 1. The Kier molecular flexibility index (Phi) is 1.76. The van der Waals surface area contributed by atoms with E-state index in [1.54, 1.807) is 0 Å². The Balaban J connectivity index is 2.88. The summed E-state index contributed by atoms with van der Waals surface area (Å²) in [6, 6.07) is 6.24. The molecule has 0 saturated carbocycles. The lowest BCUT2D eigenvalue weighted by molar-refractivity contribution is 1.16. The number of aryl methyl sites for hydroxylation is 2. The highest BCUT2D eigenvalue weighted by Crippen LogP contribution is 2.27. The molecule has 68 valence electrons. The molecular formula is C11H14N2. The van der Waals surface area contributed by atoms with Crippen LogP contribution in [0, 0.1) is 6.92 Å². The van der Waals surface area contributed by atoms with Crippen molar-refractivity contribution in [1.29, 1.82) is 0 Å². The molecule has 0 radical (unpaired) electrons. The standard InChI is InChI=1S/C11H14N2/c1-3-8-10-7(2)5-4-6-9(10)13-11(8)12/h4-6,13H,3,12H2,1-2H3. The van der Waals surface area contributed by atoms with Crippen LogP contribution in [-0.2, 0) is 6.42 Å². The topological polar surface area (TPSA) is 41.8 Å². The van der Waals surface area contributed by atoms with Crippen LogP contribution in [0.3, 0.4) is 0 Å². The van der Waals surface area contributed by atoms with Crippen LogP contribution in [0.5, 0.6) is 0 Å². The van der Waals surface area contributed by atoms with Gasteiger partial charge < -0.3 is 10.7 Å². The van der Waals surface area contributed by atoms with Gasteiger partial charge in [-0.1, -0.05) is 19.1 Å². The van der Waals surface area contributed by atoms with Gasteiger partial charge in [-0.05, 0) is 25.0 Å². The van der Waals surface area contributed by atoms with Crippen molar-refractivity contribution in [2.24, 2.45) is 0 Å². The van der Waals surface area contributed by atoms with Crippen LogP contribution in [0.4, 0.5) is 5.82 Å². The van der Waals surface area contributed by atoms with Crippen LogP contribution in [0.2, 0.25) is 0 Å². The fourth-order valence-electron chi connectivity index (χ4n) is 1.89. The highest BCUT2D eigenvalue weighted by Gasteiger charge is 2.08. The Hall–Kier alpha value is -1.44. The molecule has 0 spiro atoms. The molecule has 2 aromatic rings. The maximum Gasteiger partial charge on any atom is 0.104 e. The van der Waals surface area contributed by atoms with E-state index in [-0.39, 0.29) is 0 Å². The smallest absolute Gasteiger partial charge is 0.104 e. The third-order valence-corrected chi connectivity index (χ3v) is 2.52. The molecule has 3 N–H and O–H groups in total. The summed E-state index contributed by atoms with van der Waals surface area (Å²) in [5.74, 6) is 0.812. The number of nitrogens with one attached hydrogen (secondary N) is 1. The van der Waals surface area contributed by atoms with Crippen molar-refractivity contribution in [3.05, 3.63) is 29.3 Å². The molecule has 1 aromatic carbocycles. The minimum Gasteiger partial charge on any atom is -0.385 e. The molecule has 2 heteroatoms. The van der Waals surface area contributed by atoms with E-state index >= 15 is 0 Å². The Labute approximate surface area is 77.8 Å². The minimum absolute atomic E-state index is 0.812. The molecule has 0 unspecified atom stereocenters. The van der Waals surface area contributed by atoms with Gasteiger partial charge in [0.15, 0.2) is 0 Å². The number of rotatable bonds is 1. The first-order chi connectivity index (χ1) is 6.24. The first-order valence-corrected chi connectivity index (χ1v) is 4.59. The number of nitrogen functional groups attached to an aromatic ring is 1. The highest BCUT2D eigenvalue weighted by molar-refractivity contribution is 5.90. The maximum atomic E-state index is 5.88. The second kappa shape index (κ2) is 2.80. The van der Waals surface area contributed by atoms with Crippen molar-refractivity contribution >= 4 is 16.7 Å².